The van der Waals surface area contributed by atoms with Crippen LogP contribution in [0.25, 0.3) is 11.1 Å². The van der Waals surface area contributed by atoms with Crippen molar-refractivity contribution in [2.45, 2.75) is 6.42 Å². The van der Waals surface area contributed by atoms with E-state index in [0.29, 0.717) is 23.7 Å². The average Bonchev–Trinajstić information content (AvgIpc) is 2.59. The van der Waals surface area contributed by atoms with Crippen LogP contribution in [0.15, 0.2) is 60.7 Å². The summed E-state index contributed by atoms with van der Waals surface area (Å²) in [6.07, 6.45) is 0.669. The number of nitrogens with one attached hydrogen (secondary N) is 1. The monoisotopic (exact) mass is 305 g/mol. The van der Waals surface area contributed by atoms with Gasteiger partial charge < -0.3 is 16.9 Å². The summed E-state index contributed by atoms with van der Waals surface area (Å²) in [7, 11) is 0. The second-order valence-electron chi connectivity index (χ2n) is 5.35. The lowest BCUT2D eigenvalue weighted by Crippen LogP contribution is -2.13. The van der Waals surface area contributed by atoms with Crippen molar-refractivity contribution < 1.29 is 0 Å². The first-order chi connectivity index (χ1) is 11.2. The van der Waals surface area contributed by atoms with Crippen LogP contribution < -0.4 is 22.7 Å². The van der Waals surface area contributed by atoms with Crippen LogP contribution in [0.2, 0.25) is 0 Å². The normalized spacial score (nSPS) is 10.5. The number of benzene rings is 2. The number of nitrogen functional groups attached to an aromatic ring is 3. The summed E-state index contributed by atoms with van der Waals surface area (Å²) in [5.41, 5.74) is 19.3. The maximum absolute atomic E-state index is 6.07. The summed E-state index contributed by atoms with van der Waals surface area (Å²) in [6, 6.07) is 20.4. The quantitative estimate of drug-likeness (QED) is 0.438. The van der Waals surface area contributed by atoms with E-state index in [1.165, 1.54) is 11.1 Å². The van der Waals surface area contributed by atoms with E-state index >= 15 is 0 Å². The molecule has 0 fully saturated rings. The van der Waals surface area contributed by atoms with Crippen molar-refractivity contribution >= 4 is 17.3 Å². The molecular formula is C18H19N5. The number of pyridine rings is 1. The van der Waals surface area contributed by atoms with Gasteiger partial charge >= 0.3 is 0 Å². The van der Waals surface area contributed by atoms with E-state index in [0.717, 1.165) is 11.1 Å². The molecule has 5 nitrogen and oxygen atoms in total. The fourth-order valence-electron chi connectivity index (χ4n) is 2.55. The van der Waals surface area contributed by atoms with E-state index in [1.807, 2.05) is 18.2 Å². The molecular weight excluding hydrogens is 286 g/mol. The molecule has 3 rings (SSSR count). The maximum Gasteiger partial charge on any atom is 0.165 e. The molecule has 0 amide bonds. The Balaban J connectivity index is 1.86. The summed E-state index contributed by atoms with van der Waals surface area (Å²) in [5, 5.41) is 0. The van der Waals surface area contributed by atoms with Gasteiger partial charge in [0.2, 0.25) is 0 Å². The summed E-state index contributed by atoms with van der Waals surface area (Å²) < 4.78 is 0. The number of hydrogen-bond donors (Lipinski definition) is 4. The van der Waals surface area contributed by atoms with Gasteiger partial charge in [-0.3, -0.25) is 0 Å². The molecule has 0 bridgehead atoms. The first-order valence-corrected chi connectivity index (χ1v) is 7.33. The van der Waals surface area contributed by atoms with Gasteiger partial charge in [-0.15, -0.1) is 0 Å². The minimum absolute atomic E-state index is 0.392. The third-order valence-electron chi connectivity index (χ3n) is 3.76. The molecule has 5 heteroatoms. The van der Waals surface area contributed by atoms with Gasteiger partial charge in [-0.25, -0.2) is 10.8 Å². The smallest absolute Gasteiger partial charge is 0.165 e. The van der Waals surface area contributed by atoms with Gasteiger partial charge in [-0.1, -0.05) is 54.6 Å². The van der Waals surface area contributed by atoms with Crippen molar-refractivity contribution in [3.05, 3.63) is 71.8 Å². The standard InChI is InChI=1S/C18H19N5/c19-16-11-15(17(20)18(22-16)23-21)10-12-6-8-14(9-7-12)13-4-2-1-3-5-13/h1-9,11H,10,20-21H2,(H3,19,22,23). The van der Waals surface area contributed by atoms with Gasteiger partial charge in [-0.05, 0) is 34.7 Å². The molecule has 0 radical (unpaired) electrons. The Labute approximate surface area is 135 Å². The molecule has 3 aromatic rings. The predicted octanol–water partition coefficient (Wildman–Crippen LogP) is 2.79. The van der Waals surface area contributed by atoms with Crippen molar-refractivity contribution in [2.24, 2.45) is 5.84 Å². The Hall–Kier alpha value is -3.05. The largest absolute Gasteiger partial charge is 0.395 e. The molecule has 23 heavy (non-hydrogen) atoms. The third-order valence-corrected chi connectivity index (χ3v) is 3.76. The summed E-state index contributed by atoms with van der Waals surface area (Å²) >= 11 is 0. The molecule has 0 aliphatic rings. The first-order valence-electron chi connectivity index (χ1n) is 7.33. The van der Waals surface area contributed by atoms with E-state index in [1.54, 1.807) is 6.07 Å². The van der Waals surface area contributed by atoms with E-state index < -0.39 is 0 Å². The van der Waals surface area contributed by atoms with Gasteiger partial charge in [0.25, 0.3) is 0 Å². The van der Waals surface area contributed by atoms with Crippen LogP contribution in [0, 0.1) is 0 Å². The van der Waals surface area contributed by atoms with Crippen LogP contribution in [0.1, 0.15) is 11.1 Å². The van der Waals surface area contributed by atoms with E-state index in [2.05, 4.69) is 46.8 Å². The SMILES string of the molecule is NNc1nc(N)cc(Cc2ccc(-c3ccccc3)cc2)c1N. The zero-order chi connectivity index (χ0) is 16.2. The molecule has 0 atom stereocenters. The highest BCUT2D eigenvalue weighted by Crippen LogP contribution is 2.26. The van der Waals surface area contributed by atoms with Gasteiger partial charge in [0.15, 0.2) is 5.82 Å². The van der Waals surface area contributed by atoms with Crippen LogP contribution in [0.3, 0.4) is 0 Å². The second kappa shape index (κ2) is 6.37. The molecule has 0 aliphatic carbocycles. The highest BCUT2D eigenvalue weighted by molar-refractivity contribution is 5.69. The molecule has 7 N–H and O–H groups in total. The van der Waals surface area contributed by atoms with Crippen LogP contribution in [0.5, 0.6) is 0 Å². The third kappa shape index (κ3) is 3.25. The number of aromatic nitrogens is 1. The Morgan fingerprint density at radius 3 is 2.17 bits per heavy atom. The van der Waals surface area contributed by atoms with E-state index in [4.69, 9.17) is 17.3 Å². The van der Waals surface area contributed by atoms with Crippen molar-refractivity contribution in [1.29, 1.82) is 0 Å². The molecule has 1 heterocycles. The number of hydrazine groups is 1. The number of anilines is 3. The lowest BCUT2D eigenvalue weighted by molar-refractivity contribution is 1.16. The molecule has 1 aromatic heterocycles. The van der Waals surface area contributed by atoms with E-state index in [-0.39, 0.29) is 0 Å². The summed E-state index contributed by atoms with van der Waals surface area (Å²) in [4.78, 5) is 4.06. The number of nitrogens with zero attached hydrogens (tertiary/aromatic N) is 1. The Morgan fingerprint density at radius 1 is 0.870 bits per heavy atom. The highest BCUT2D eigenvalue weighted by Gasteiger charge is 2.09. The average molecular weight is 305 g/mol. The van der Waals surface area contributed by atoms with Gasteiger partial charge in [0, 0.05) is 0 Å². The van der Waals surface area contributed by atoms with Crippen LogP contribution in [-0.4, -0.2) is 4.98 Å². The van der Waals surface area contributed by atoms with Crippen molar-refractivity contribution in [3.8, 4) is 11.1 Å². The Bertz CT molecular complexity index is 798. The van der Waals surface area contributed by atoms with Crippen molar-refractivity contribution in [2.75, 3.05) is 16.9 Å². The first kappa shape index (κ1) is 14.9. The number of hydrogen-bond acceptors (Lipinski definition) is 5. The Kier molecular flexibility index (Phi) is 4.12. The lowest BCUT2D eigenvalue weighted by Gasteiger charge is -2.11. The summed E-state index contributed by atoms with van der Waals surface area (Å²) in [6.45, 7) is 0. The van der Waals surface area contributed by atoms with Crippen LogP contribution in [0.4, 0.5) is 17.3 Å². The van der Waals surface area contributed by atoms with E-state index in [9.17, 15) is 0 Å². The van der Waals surface area contributed by atoms with Crippen LogP contribution in [-0.2, 0) is 6.42 Å². The predicted molar refractivity (Wildman–Crippen MR) is 95.6 cm³/mol. The van der Waals surface area contributed by atoms with Gasteiger partial charge in [0.1, 0.15) is 5.82 Å². The minimum Gasteiger partial charge on any atom is -0.395 e. The number of rotatable bonds is 4. The van der Waals surface area contributed by atoms with Gasteiger partial charge in [0.05, 0.1) is 5.69 Å². The second-order valence-corrected chi connectivity index (χ2v) is 5.35. The maximum atomic E-state index is 6.07. The lowest BCUT2D eigenvalue weighted by atomic mass is 10.00. The van der Waals surface area contributed by atoms with Crippen molar-refractivity contribution in [3.63, 3.8) is 0 Å². The highest BCUT2D eigenvalue weighted by atomic mass is 15.3. The fraction of sp³-hybridized carbons (Fsp3) is 0.0556. The molecule has 0 saturated heterocycles. The molecule has 0 unspecified atom stereocenters. The molecule has 2 aromatic carbocycles. The zero-order valence-electron chi connectivity index (χ0n) is 12.7. The molecule has 0 aliphatic heterocycles. The van der Waals surface area contributed by atoms with Crippen molar-refractivity contribution in [1.82, 2.24) is 4.98 Å². The molecule has 0 spiro atoms. The fourth-order valence-corrected chi connectivity index (χ4v) is 2.55. The van der Waals surface area contributed by atoms with Crippen LogP contribution >= 0.6 is 0 Å². The topological polar surface area (TPSA) is 103 Å². The number of nitrogens with two attached hydrogens (primary N) is 3. The molecule has 116 valence electrons. The Morgan fingerprint density at radius 2 is 1.52 bits per heavy atom. The minimum atomic E-state index is 0.392. The van der Waals surface area contributed by atoms with Gasteiger partial charge in [-0.2, -0.15) is 0 Å². The zero-order valence-corrected chi connectivity index (χ0v) is 12.7. The summed E-state index contributed by atoms with van der Waals surface area (Å²) in [5.74, 6) is 6.21. The molecule has 0 saturated carbocycles.